The number of hydrogen-bond donors (Lipinski definition) is 2. The molecule has 2 heterocycles. The molecule has 0 bridgehead atoms. The van der Waals surface area contributed by atoms with Gasteiger partial charge in [-0.05, 0) is 19.1 Å². The quantitative estimate of drug-likeness (QED) is 0.754. The number of fused-ring (bicyclic) bond motifs is 1. The number of aromatic amines is 1. The molecule has 5 nitrogen and oxygen atoms in total. The predicted molar refractivity (Wildman–Crippen MR) is 72.2 cm³/mol. The number of halogens is 1. The molecule has 20 heavy (non-hydrogen) atoms. The summed E-state index contributed by atoms with van der Waals surface area (Å²) in [4.78, 5) is 11.2. The van der Waals surface area contributed by atoms with Crippen molar-refractivity contribution in [2.24, 2.45) is 7.05 Å². The van der Waals surface area contributed by atoms with Crippen molar-refractivity contribution in [3.63, 3.8) is 0 Å². The van der Waals surface area contributed by atoms with Crippen LogP contribution in [0.5, 0.6) is 0 Å². The number of aromatic nitrogens is 3. The summed E-state index contributed by atoms with van der Waals surface area (Å²) in [6.07, 6.45) is 1.23. The number of carboxylic acids is 1. The molecular weight excluding hydrogens is 261 g/mol. The Morgan fingerprint density at radius 1 is 1.45 bits per heavy atom. The lowest BCUT2D eigenvalue weighted by Gasteiger charge is -2.02. The highest BCUT2D eigenvalue weighted by atomic mass is 19.1. The van der Waals surface area contributed by atoms with E-state index in [9.17, 15) is 14.3 Å². The summed E-state index contributed by atoms with van der Waals surface area (Å²) >= 11 is 0. The second-order valence-electron chi connectivity index (χ2n) is 4.62. The van der Waals surface area contributed by atoms with Crippen molar-refractivity contribution in [2.75, 3.05) is 0 Å². The summed E-state index contributed by atoms with van der Waals surface area (Å²) in [6.45, 7) is 1.82. The molecule has 0 saturated carbocycles. The van der Waals surface area contributed by atoms with Crippen LogP contribution in [0, 0.1) is 12.7 Å². The van der Waals surface area contributed by atoms with Crippen LogP contribution in [0.3, 0.4) is 0 Å². The molecule has 0 amide bonds. The minimum Gasteiger partial charge on any atom is -0.478 e. The van der Waals surface area contributed by atoms with Gasteiger partial charge in [0, 0.05) is 23.7 Å². The van der Waals surface area contributed by atoms with Crippen molar-refractivity contribution in [1.82, 2.24) is 14.8 Å². The second kappa shape index (κ2) is 4.19. The first-order valence-electron chi connectivity index (χ1n) is 6.03. The van der Waals surface area contributed by atoms with Gasteiger partial charge in [-0.2, -0.15) is 5.10 Å². The highest BCUT2D eigenvalue weighted by Gasteiger charge is 2.22. The van der Waals surface area contributed by atoms with Crippen molar-refractivity contribution in [3.8, 4) is 11.3 Å². The molecule has 0 aliphatic rings. The minimum absolute atomic E-state index is 0.0313. The van der Waals surface area contributed by atoms with Crippen LogP contribution in [0.4, 0.5) is 4.39 Å². The maximum absolute atomic E-state index is 14.2. The number of hydrogen-bond acceptors (Lipinski definition) is 2. The van der Waals surface area contributed by atoms with Gasteiger partial charge >= 0.3 is 5.97 Å². The molecule has 0 fully saturated rings. The number of nitrogens with zero attached hydrogens (tertiary/aromatic N) is 2. The van der Waals surface area contributed by atoms with Gasteiger partial charge in [-0.3, -0.25) is 5.10 Å². The van der Waals surface area contributed by atoms with E-state index in [1.54, 1.807) is 12.1 Å². The SMILES string of the molecule is Cc1c(-c2[nH]ncc2C(=O)O)c2c(F)cccc2n1C. The summed E-state index contributed by atoms with van der Waals surface area (Å²) in [5, 5.41) is 16.0. The van der Waals surface area contributed by atoms with Gasteiger partial charge in [-0.15, -0.1) is 0 Å². The van der Waals surface area contributed by atoms with Crippen molar-refractivity contribution < 1.29 is 14.3 Å². The van der Waals surface area contributed by atoms with Gasteiger partial charge in [0.15, 0.2) is 0 Å². The maximum atomic E-state index is 14.2. The number of carboxylic acid groups (broad SMARTS) is 1. The largest absolute Gasteiger partial charge is 0.478 e. The Kier molecular flexibility index (Phi) is 2.60. The van der Waals surface area contributed by atoms with E-state index in [-0.39, 0.29) is 11.4 Å². The van der Waals surface area contributed by atoms with Crippen LogP contribution < -0.4 is 0 Å². The molecule has 0 radical (unpaired) electrons. The molecule has 2 N–H and O–H groups in total. The number of nitrogens with one attached hydrogen (secondary N) is 1. The summed E-state index contributed by atoms with van der Waals surface area (Å²) in [5.41, 5.74) is 2.38. The zero-order valence-corrected chi connectivity index (χ0v) is 10.9. The van der Waals surface area contributed by atoms with Crippen LogP contribution in [-0.2, 0) is 7.05 Å². The molecule has 3 aromatic rings. The van der Waals surface area contributed by atoms with Crippen LogP contribution in [0.15, 0.2) is 24.4 Å². The predicted octanol–water partition coefficient (Wildman–Crippen LogP) is 2.71. The number of aromatic carboxylic acids is 1. The standard InChI is InChI=1S/C14H12FN3O2/c1-7-11(13-8(14(19)20)6-16-17-13)12-9(15)4-3-5-10(12)18(7)2/h3-6H,1-2H3,(H,16,17)(H,19,20). The lowest BCUT2D eigenvalue weighted by molar-refractivity contribution is 0.0698. The Morgan fingerprint density at radius 2 is 2.20 bits per heavy atom. The average molecular weight is 273 g/mol. The van der Waals surface area contributed by atoms with Crippen molar-refractivity contribution in [3.05, 3.63) is 41.5 Å². The fourth-order valence-corrected chi connectivity index (χ4v) is 2.51. The third kappa shape index (κ3) is 1.54. The van der Waals surface area contributed by atoms with E-state index >= 15 is 0 Å². The summed E-state index contributed by atoms with van der Waals surface area (Å²) in [6, 6.07) is 4.79. The first kappa shape index (κ1) is 12.4. The Balaban J connectivity index is 2.45. The first-order valence-corrected chi connectivity index (χ1v) is 6.03. The molecule has 0 unspecified atom stereocenters. The zero-order valence-electron chi connectivity index (χ0n) is 10.9. The van der Waals surface area contributed by atoms with Crippen LogP contribution in [-0.4, -0.2) is 25.8 Å². The molecule has 1 aromatic carbocycles. The van der Waals surface area contributed by atoms with Crippen LogP contribution in [0.1, 0.15) is 16.1 Å². The lowest BCUT2D eigenvalue weighted by atomic mass is 10.0. The molecule has 6 heteroatoms. The molecule has 102 valence electrons. The number of benzene rings is 1. The fourth-order valence-electron chi connectivity index (χ4n) is 2.51. The van der Waals surface area contributed by atoms with E-state index in [0.29, 0.717) is 22.2 Å². The zero-order chi connectivity index (χ0) is 14.4. The first-order chi connectivity index (χ1) is 9.52. The topological polar surface area (TPSA) is 70.9 Å². The Morgan fingerprint density at radius 3 is 2.90 bits per heavy atom. The molecular formula is C14H12FN3O2. The summed E-state index contributed by atoms with van der Waals surface area (Å²) < 4.78 is 16.0. The number of rotatable bonds is 2. The van der Waals surface area contributed by atoms with Gasteiger partial charge in [-0.1, -0.05) is 6.07 Å². The smallest absolute Gasteiger partial charge is 0.339 e. The number of H-pyrrole nitrogens is 1. The van der Waals surface area contributed by atoms with E-state index in [0.717, 1.165) is 5.69 Å². The number of carbonyl (C=O) groups is 1. The maximum Gasteiger partial charge on any atom is 0.339 e. The van der Waals surface area contributed by atoms with Crippen LogP contribution in [0.2, 0.25) is 0 Å². The fraction of sp³-hybridized carbons (Fsp3) is 0.143. The molecule has 3 rings (SSSR count). The number of aryl methyl sites for hydroxylation is 1. The van der Waals surface area contributed by atoms with Crippen molar-refractivity contribution in [1.29, 1.82) is 0 Å². The third-order valence-electron chi connectivity index (χ3n) is 3.59. The highest BCUT2D eigenvalue weighted by molar-refractivity contribution is 6.03. The Labute approximate surface area is 113 Å². The van der Waals surface area contributed by atoms with E-state index in [1.807, 2.05) is 18.5 Å². The summed E-state index contributed by atoms with van der Waals surface area (Å²) in [7, 11) is 1.82. The average Bonchev–Trinajstić information content (AvgIpc) is 2.97. The van der Waals surface area contributed by atoms with Crippen LogP contribution >= 0.6 is 0 Å². The van der Waals surface area contributed by atoms with E-state index < -0.39 is 5.97 Å². The van der Waals surface area contributed by atoms with Gasteiger partial charge in [0.2, 0.25) is 0 Å². The summed E-state index contributed by atoms with van der Waals surface area (Å²) in [5.74, 6) is -1.48. The van der Waals surface area contributed by atoms with E-state index in [2.05, 4.69) is 10.2 Å². The monoisotopic (exact) mass is 273 g/mol. The van der Waals surface area contributed by atoms with Gasteiger partial charge in [0.1, 0.15) is 11.4 Å². The molecule has 0 atom stereocenters. The second-order valence-corrected chi connectivity index (χ2v) is 4.62. The third-order valence-corrected chi connectivity index (χ3v) is 3.59. The van der Waals surface area contributed by atoms with Crippen LogP contribution in [0.25, 0.3) is 22.2 Å². The molecule has 0 spiro atoms. The minimum atomic E-state index is -1.10. The van der Waals surface area contributed by atoms with Crippen molar-refractivity contribution in [2.45, 2.75) is 6.92 Å². The molecule has 0 aliphatic carbocycles. The normalized spacial score (nSPS) is 11.2. The molecule has 2 aromatic heterocycles. The van der Waals surface area contributed by atoms with Crippen molar-refractivity contribution >= 4 is 16.9 Å². The molecule has 0 saturated heterocycles. The lowest BCUT2D eigenvalue weighted by Crippen LogP contribution is -1.98. The van der Waals surface area contributed by atoms with Gasteiger partial charge in [0.25, 0.3) is 0 Å². The van der Waals surface area contributed by atoms with Gasteiger partial charge < -0.3 is 9.67 Å². The Bertz CT molecular complexity index is 832. The molecule has 0 aliphatic heterocycles. The Hall–Kier alpha value is -2.63. The van der Waals surface area contributed by atoms with E-state index in [4.69, 9.17) is 0 Å². The van der Waals surface area contributed by atoms with Gasteiger partial charge in [0.05, 0.1) is 17.4 Å². The van der Waals surface area contributed by atoms with Gasteiger partial charge in [-0.25, -0.2) is 9.18 Å². The van der Waals surface area contributed by atoms with E-state index in [1.165, 1.54) is 12.3 Å². The highest BCUT2D eigenvalue weighted by Crippen LogP contribution is 2.36.